The molecule has 0 amide bonds. The molecule has 1 fully saturated rings. The Labute approximate surface area is 107 Å². The van der Waals surface area contributed by atoms with E-state index in [4.69, 9.17) is 0 Å². The Morgan fingerprint density at radius 1 is 1.50 bits per heavy atom. The van der Waals surface area contributed by atoms with E-state index in [0.29, 0.717) is 5.92 Å². The van der Waals surface area contributed by atoms with Crippen molar-refractivity contribution in [2.45, 2.75) is 44.8 Å². The Balaban J connectivity index is 1.87. The summed E-state index contributed by atoms with van der Waals surface area (Å²) in [7, 11) is 0. The number of aliphatic hydroxyl groups is 1. The number of nitrogens with zero attached hydrogens (tertiary/aromatic N) is 1. The van der Waals surface area contributed by atoms with Gasteiger partial charge in [0.25, 0.3) is 0 Å². The molecule has 3 atom stereocenters. The molecule has 18 heavy (non-hydrogen) atoms. The molecule has 0 radical (unpaired) electrons. The van der Waals surface area contributed by atoms with Crippen molar-refractivity contribution in [3.63, 3.8) is 0 Å². The number of aromatic nitrogens is 1. The zero-order chi connectivity index (χ0) is 13.0. The molecule has 0 aromatic carbocycles. The molecule has 4 heteroatoms. The average Bonchev–Trinajstić information content (AvgIpc) is 2.78. The molecule has 2 N–H and O–H groups in total. The number of halogens is 1. The van der Waals surface area contributed by atoms with Crippen molar-refractivity contribution in [1.82, 2.24) is 10.3 Å². The highest BCUT2D eigenvalue weighted by Crippen LogP contribution is 2.25. The molecule has 1 heterocycles. The minimum absolute atomic E-state index is 0.124. The second kappa shape index (κ2) is 6.25. The van der Waals surface area contributed by atoms with Crippen LogP contribution in [0.3, 0.4) is 0 Å². The second-order valence-electron chi connectivity index (χ2n) is 5.10. The van der Waals surface area contributed by atoms with Crippen molar-refractivity contribution in [3.05, 3.63) is 29.8 Å². The third-order valence-electron chi connectivity index (χ3n) is 3.68. The molecule has 3 unspecified atom stereocenters. The molecule has 0 saturated heterocycles. The molecule has 1 aliphatic rings. The van der Waals surface area contributed by atoms with Crippen LogP contribution in [-0.4, -0.2) is 22.7 Å². The first kappa shape index (κ1) is 13.4. The molecule has 0 spiro atoms. The zero-order valence-electron chi connectivity index (χ0n) is 10.8. The average molecular weight is 252 g/mol. The maximum absolute atomic E-state index is 12.8. The summed E-state index contributed by atoms with van der Waals surface area (Å²) >= 11 is 0. The predicted octanol–water partition coefficient (Wildman–Crippen LogP) is 2.42. The molecule has 3 nitrogen and oxygen atoms in total. The molecule has 1 aliphatic carbocycles. The Morgan fingerprint density at radius 3 is 2.89 bits per heavy atom. The molecular formula is C14H21FN2O. The summed E-state index contributed by atoms with van der Waals surface area (Å²) in [5.74, 6) is 0.252. The summed E-state index contributed by atoms with van der Waals surface area (Å²) in [5.41, 5.74) is 0.887. The fraction of sp³-hybridized carbons (Fsp3) is 0.643. The van der Waals surface area contributed by atoms with Gasteiger partial charge in [-0.25, -0.2) is 4.39 Å². The van der Waals surface area contributed by atoms with Crippen LogP contribution in [0.2, 0.25) is 0 Å². The summed E-state index contributed by atoms with van der Waals surface area (Å²) < 4.78 is 12.8. The number of rotatable bonds is 5. The van der Waals surface area contributed by atoms with Crippen molar-refractivity contribution in [1.29, 1.82) is 0 Å². The van der Waals surface area contributed by atoms with Gasteiger partial charge in [-0.2, -0.15) is 0 Å². The molecule has 2 rings (SSSR count). The van der Waals surface area contributed by atoms with Crippen LogP contribution < -0.4 is 5.32 Å². The lowest BCUT2D eigenvalue weighted by molar-refractivity contribution is 0.177. The minimum Gasteiger partial charge on any atom is -0.393 e. The SMILES string of the molecule is CCC(NCC1CCC(O)C1)c1ccc(F)cn1. The van der Waals surface area contributed by atoms with Gasteiger partial charge in [-0.1, -0.05) is 6.92 Å². The van der Waals surface area contributed by atoms with E-state index in [2.05, 4.69) is 17.2 Å². The molecule has 100 valence electrons. The quantitative estimate of drug-likeness (QED) is 0.846. The third-order valence-corrected chi connectivity index (χ3v) is 3.68. The van der Waals surface area contributed by atoms with Gasteiger partial charge in [-0.3, -0.25) is 4.98 Å². The molecule has 1 saturated carbocycles. The van der Waals surface area contributed by atoms with E-state index in [-0.39, 0.29) is 18.0 Å². The van der Waals surface area contributed by atoms with E-state index in [9.17, 15) is 9.50 Å². The van der Waals surface area contributed by atoms with Gasteiger partial charge in [0.1, 0.15) is 5.82 Å². The van der Waals surface area contributed by atoms with Crippen LogP contribution in [0.1, 0.15) is 44.3 Å². The molecular weight excluding hydrogens is 231 g/mol. The van der Waals surface area contributed by atoms with E-state index in [1.165, 1.54) is 12.3 Å². The minimum atomic E-state index is -0.299. The van der Waals surface area contributed by atoms with E-state index in [1.807, 2.05) is 0 Å². The second-order valence-corrected chi connectivity index (χ2v) is 5.10. The number of aliphatic hydroxyl groups excluding tert-OH is 1. The lowest BCUT2D eigenvalue weighted by atomic mass is 10.1. The van der Waals surface area contributed by atoms with Gasteiger partial charge in [-0.05, 0) is 50.3 Å². The van der Waals surface area contributed by atoms with E-state index in [1.54, 1.807) is 6.07 Å². The first-order valence-electron chi connectivity index (χ1n) is 6.72. The highest BCUT2D eigenvalue weighted by Gasteiger charge is 2.23. The highest BCUT2D eigenvalue weighted by atomic mass is 19.1. The zero-order valence-corrected chi connectivity index (χ0v) is 10.8. The third kappa shape index (κ3) is 3.50. The van der Waals surface area contributed by atoms with Crippen LogP contribution >= 0.6 is 0 Å². The van der Waals surface area contributed by atoms with Crippen LogP contribution in [-0.2, 0) is 0 Å². The maximum Gasteiger partial charge on any atom is 0.141 e. The number of hydrogen-bond donors (Lipinski definition) is 2. The Kier molecular flexibility index (Phi) is 4.66. The van der Waals surface area contributed by atoms with Crippen LogP contribution in [0.25, 0.3) is 0 Å². The Bertz CT molecular complexity index is 369. The molecule has 0 bridgehead atoms. The maximum atomic E-state index is 12.8. The molecule has 1 aromatic heterocycles. The first-order chi connectivity index (χ1) is 8.69. The van der Waals surface area contributed by atoms with E-state index < -0.39 is 0 Å². The van der Waals surface area contributed by atoms with Crippen LogP contribution in [0.4, 0.5) is 4.39 Å². The van der Waals surface area contributed by atoms with Crippen molar-refractivity contribution >= 4 is 0 Å². The summed E-state index contributed by atoms with van der Waals surface area (Å²) in [4.78, 5) is 4.12. The Morgan fingerprint density at radius 2 is 2.33 bits per heavy atom. The van der Waals surface area contributed by atoms with Gasteiger partial charge in [-0.15, -0.1) is 0 Å². The normalized spacial score (nSPS) is 25.3. The Hall–Kier alpha value is -1.00. The van der Waals surface area contributed by atoms with Gasteiger partial charge in [0.15, 0.2) is 0 Å². The van der Waals surface area contributed by atoms with Crippen LogP contribution in [0.15, 0.2) is 18.3 Å². The van der Waals surface area contributed by atoms with Crippen LogP contribution in [0, 0.1) is 11.7 Å². The number of nitrogens with one attached hydrogen (secondary N) is 1. The number of pyridine rings is 1. The summed E-state index contributed by atoms with van der Waals surface area (Å²) in [5, 5.41) is 13.0. The largest absolute Gasteiger partial charge is 0.393 e. The molecule has 1 aromatic rings. The van der Waals surface area contributed by atoms with Crippen molar-refractivity contribution in [3.8, 4) is 0 Å². The summed E-state index contributed by atoms with van der Waals surface area (Å²) in [6, 6.07) is 3.36. The van der Waals surface area contributed by atoms with Crippen LogP contribution in [0.5, 0.6) is 0 Å². The first-order valence-corrected chi connectivity index (χ1v) is 6.72. The van der Waals surface area contributed by atoms with Gasteiger partial charge in [0.2, 0.25) is 0 Å². The smallest absolute Gasteiger partial charge is 0.141 e. The van der Waals surface area contributed by atoms with Gasteiger partial charge in [0.05, 0.1) is 18.0 Å². The van der Waals surface area contributed by atoms with E-state index in [0.717, 1.165) is 37.9 Å². The van der Waals surface area contributed by atoms with Crippen molar-refractivity contribution in [2.75, 3.05) is 6.54 Å². The van der Waals surface area contributed by atoms with Gasteiger partial charge in [0, 0.05) is 6.04 Å². The highest BCUT2D eigenvalue weighted by molar-refractivity contribution is 5.09. The molecule has 0 aliphatic heterocycles. The fourth-order valence-corrected chi connectivity index (χ4v) is 2.59. The topological polar surface area (TPSA) is 45.1 Å². The fourth-order valence-electron chi connectivity index (χ4n) is 2.59. The van der Waals surface area contributed by atoms with E-state index >= 15 is 0 Å². The number of hydrogen-bond acceptors (Lipinski definition) is 3. The lowest BCUT2D eigenvalue weighted by Crippen LogP contribution is -2.27. The summed E-state index contributed by atoms with van der Waals surface area (Å²) in [6.45, 7) is 2.99. The van der Waals surface area contributed by atoms with Crippen molar-refractivity contribution in [2.24, 2.45) is 5.92 Å². The van der Waals surface area contributed by atoms with Gasteiger partial charge < -0.3 is 10.4 Å². The monoisotopic (exact) mass is 252 g/mol. The lowest BCUT2D eigenvalue weighted by Gasteiger charge is -2.19. The van der Waals surface area contributed by atoms with Crippen molar-refractivity contribution < 1.29 is 9.50 Å². The standard InChI is InChI=1S/C14H21FN2O/c1-2-13(14-6-4-11(15)9-17-14)16-8-10-3-5-12(18)7-10/h4,6,9-10,12-13,16,18H,2-3,5,7-8H2,1H3. The predicted molar refractivity (Wildman–Crippen MR) is 68.6 cm³/mol. The van der Waals surface area contributed by atoms with Gasteiger partial charge >= 0.3 is 0 Å². The summed E-state index contributed by atoms with van der Waals surface area (Å²) in [6.07, 6.45) is 4.95.